The zero-order valence-corrected chi connectivity index (χ0v) is 12.7. The number of aryl methyl sites for hydroxylation is 1. The largest absolute Gasteiger partial charge is 0.359 e. The van der Waals surface area contributed by atoms with Crippen LogP contribution < -0.4 is 0 Å². The van der Waals surface area contributed by atoms with E-state index < -0.39 is 11.6 Å². The molecule has 1 atom stereocenters. The van der Waals surface area contributed by atoms with Crippen LogP contribution in [0.3, 0.4) is 0 Å². The molecule has 2 heterocycles. The smallest absolute Gasteiger partial charge is 0.154 e. The van der Waals surface area contributed by atoms with Crippen LogP contribution in [0.2, 0.25) is 0 Å². The monoisotopic (exact) mass is 306 g/mol. The highest BCUT2D eigenvalue weighted by molar-refractivity contribution is 5.18. The van der Waals surface area contributed by atoms with E-state index >= 15 is 0 Å². The van der Waals surface area contributed by atoms with Crippen molar-refractivity contribution in [2.45, 2.75) is 45.2 Å². The average molecular weight is 306 g/mol. The van der Waals surface area contributed by atoms with E-state index in [0.29, 0.717) is 12.1 Å². The van der Waals surface area contributed by atoms with Crippen LogP contribution in [0.5, 0.6) is 0 Å². The second-order valence-corrected chi connectivity index (χ2v) is 5.98. The van der Waals surface area contributed by atoms with Crippen molar-refractivity contribution in [3.8, 4) is 0 Å². The van der Waals surface area contributed by atoms with E-state index in [2.05, 4.69) is 10.1 Å². The fourth-order valence-corrected chi connectivity index (χ4v) is 3.16. The van der Waals surface area contributed by atoms with Gasteiger partial charge in [0.2, 0.25) is 0 Å². The lowest BCUT2D eigenvalue weighted by Crippen LogP contribution is -2.28. The molecule has 0 amide bonds. The molecule has 3 rings (SSSR count). The maximum atomic E-state index is 13.4. The maximum absolute atomic E-state index is 13.4. The lowest BCUT2D eigenvalue weighted by molar-refractivity contribution is 0.159. The minimum Gasteiger partial charge on any atom is -0.359 e. The summed E-state index contributed by atoms with van der Waals surface area (Å²) in [6.45, 7) is 3.30. The first-order valence-electron chi connectivity index (χ1n) is 7.74. The summed E-state index contributed by atoms with van der Waals surface area (Å²) in [7, 11) is 0. The standard InChI is InChI=1S/C17H20F2N2O/c1-12-7-17(22-20-12)16-5-3-2-4-6-21(16)11-13-8-14(18)10-15(19)9-13/h7-10,16H,2-6,11H2,1H3/t16-/m1/s1. The third-order valence-electron chi connectivity index (χ3n) is 4.15. The van der Waals surface area contributed by atoms with E-state index in [9.17, 15) is 8.78 Å². The molecule has 0 aliphatic carbocycles. The molecule has 1 aromatic heterocycles. The average Bonchev–Trinajstić information content (AvgIpc) is 2.74. The Morgan fingerprint density at radius 3 is 2.59 bits per heavy atom. The van der Waals surface area contributed by atoms with Gasteiger partial charge < -0.3 is 4.52 Å². The number of benzene rings is 1. The summed E-state index contributed by atoms with van der Waals surface area (Å²) in [5, 5.41) is 3.97. The minimum absolute atomic E-state index is 0.120. The van der Waals surface area contributed by atoms with Crippen molar-refractivity contribution in [2.75, 3.05) is 6.54 Å². The molecule has 22 heavy (non-hydrogen) atoms. The van der Waals surface area contributed by atoms with Gasteiger partial charge in [0.25, 0.3) is 0 Å². The van der Waals surface area contributed by atoms with Gasteiger partial charge in [-0.05, 0) is 44.0 Å². The topological polar surface area (TPSA) is 29.3 Å². The number of likely N-dealkylation sites (tertiary alicyclic amines) is 1. The molecule has 118 valence electrons. The fourth-order valence-electron chi connectivity index (χ4n) is 3.16. The predicted molar refractivity (Wildman–Crippen MR) is 79.2 cm³/mol. The first-order valence-corrected chi connectivity index (χ1v) is 7.74. The van der Waals surface area contributed by atoms with Crippen molar-refractivity contribution in [1.29, 1.82) is 0 Å². The summed E-state index contributed by atoms with van der Waals surface area (Å²) in [5.41, 5.74) is 1.51. The summed E-state index contributed by atoms with van der Waals surface area (Å²) in [4.78, 5) is 2.24. The van der Waals surface area contributed by atoms with E-state index in [1.54, 1.807) is 0 Å². The zero-order chi connectivity index (χ0) is 15.5. The molecule has 0 radical (unpaired) electrons. The van der Waals surface area contributed by atoms with Crippen LogP contribution in [0, 0.1) is 18.6 Å². The Labute approximate surface area is 128 Å². The van der Waals surface area contributed by atoms with Crippen LogP contribution >= 0.6 is 0 Å². The summed E-state index contributed by atoms with van der Waals surface area (Å²) < 4.78 is 32.2. The van der Waals surface area contributed by atoms with Gasteiger partial charge in [-0.2, -0.15) is 0 Å². The number of nitrogens with zero attached hydrogens (tertiary/aromatic N) is 2. The highest BCUT2D eigenvalue weighted by atomic mass is 19.1. The molecular formula is C17H20F2N2O. The van der Waals surface area contributed by atoms with Gasteiger partial charge in [0.15, 0.2) is 5.76 Å². The van der Waals surface area contributed by atoms with Crippen LogP contribution in [0.1, 0.15) is 48.7 Å². The normalized spacial score (nSPS) is 20.0. The molecule has 0 bridgehead atoms. The van der Waals surface area contributed by atoms with Crippen LogP contribution in [0.15, 0.2) is 28.8 Å². The zero-order valence-electron chi connectivity index (χ0n) is 12.7. The quantitative estimate of drug-likeness (QED) is 0.843. The summed E-state index contributed by atoms with van der Waals surface area (Å²) in [6.07, 6.45) is 4.35. The molecule has 0 spiro atoms. The molecule has 0 N–H and O–H groups in total. The molecule has 1 saturated heterocycles. The van der Waals surface area contributed by atoms with Crippen molar-refractivity contribution >= 4 is 0 Å². The van der Waals surface area contributed by atoms with Gasteiger partial charge in [-0.3, -0.25) is 4.90 Å². The number of halogens is 2. The van der Waals surface area contributed by atoms with Crippen LogP contribution in [-0.4, -0.2) is 16.6 Å². The summed E-state index contributed by atoms with van der Waals surface area (Å²) in [6, 6.07) is 5.78. The summed E-state index contributed by atoms with van der Waals surface area (Å²) >= 11 is 0. The second kappa shape index (κ2) is 6.57. The predicted octanol–water partition coefficient (Wildman–Crippen LogP) is 4.38. The van der Waals surface area contributed by atoms with Crippen molar-refractivity contribution in [3.05, 3.63) is 52.9 Å². The third-order valence-corrected chi connectivity index (χ3v) is 4.15. The first-order chi connectivity index (χ1) is 10.6. The Balaban J connectivity index is 1.84. The van der Waals surface area contributed by atoms with Crippen molar-refractivity contribution in [3.63, 3.8) is 0 Å². The van der Waals surface area contributed by atoms with Gasteiger partial charge in [-0.25, -0.2) is 8.78 Å². The van der Waals surface area contributed by atoms with Gasteiger partial charge in [-0.1, -0.05) is 18.0 Å². The third kappa shape index (κ3) is 3.53. The Kier molecular flexibility index (Phi) is 4.52. The van der Waals surface area contributed by atoms with Gasteiger partial charge in [-0.15, -0.1) is 0 Å². The minimum atomic E-state index is -0.531. The van der Waals surface area contributed by atoms with E-state index in [-0.39, 0.29) is 6.04 Å². The van der Waals surface area contributed by atoms with Gasteiger partial charge in [0.05, 0.1) is 11.7 Å². The number of hydrogen-bond acceptors (Lipinski definition) is 3. The SMILES string of the molecule is Cc1cc([C@H]2CCCCCN2Cc2cc(F)cc(F)c2)on1. The molecule has 3 nitrogen and oxygen atoms in total. The molecule has 0 unspecified atom stereocenters. The molecule has 0 saturated carbocycles. The fraction of sp³-hybridized carbons (Fsp3) is 0.471. The molecular weight excluding hydrogens is 286 g/mol. The van der Waals surface area contributed by atoms with Gasteiger partial charge in [0.1, 0.15) is 11.6 Å². The van der Waals surface area contributed by atoms with Crippen LogP contribution in [0.4, 0.5) is 8.78 Å². The van der Waals surface area contributed by atoms with E-state index in [0.717, 1.165) is 49.7 Å². The number of rotatable bonds is 3. The molecule has 2 aromatic rings. The first kappa shape index (κ1) is 15.2. The van der Waals surface area contributed by atoms with Crippen LogP contribution in [-0.2, 0) is 6.54 Å². The maximum Gasteiger partial charge on any atom is 0.154 e. The van der Waals surface area contributed by atoms with Crippen molar-refractivity contribution in [2.24, 2.45) is 0 Å². The van der Waals surface area contributed by atoms with E-state index in [1.165, 1.54) is 12.1 Å². The lowest BCUT2D eigenvalue weighted by Gasteiger charge is -2.28. The summed E-state index contributed by atoms with van der Waals surface area (Å²) in [5.74, 6) is -0.218. The molecule has 1 aliphatic heterocycles. The highest BCUT2D eigenvalue weighted by Crippen LogP contribution is 2.31. The highest BCUT2D eigenvalue weighted by Gasteiger charge is 2.26. The lowest BCUT2D eigenvalue weighted by atomic mass is 10.1. The molecule has 5 heteroatoms. The molecule has 1 fully saturated rings. The molecule has 1 aromatic carbocycles. The molecule has 1 aliphatic rings. The number of aromatic nitrogens is 1. The van der Waals surface area contributed by atoms with Crippen molar-refractivity contribution < 1.29 is 13.3 Å². The van der Waals surface area contributed by atoms with Gasteiger partial charge in [0, 0.05) is 18.7 Å². The Morgan fingerprint density at radius 1 is 1.14 bits per heavy atom. The van der Waals surface area contributed by atoms with E-state index in [1.807, 2.05) is 13.0 Å². The van der Waals surface area contributed by atoms with E-state index in [4.69, 9.17) is 4.52 Å². The Morgan fingerprint density at radius 2 is 1.91 bits per heavy atom. The Bertz CT molecular complexity index is 621. The Hall–Kier alpha value is -1.75. The second-order valence-electron chi connectivity index (χ2n) is 5.98. The van der Waals surface area contributed by atoms with Crippen LogP contribution in [0.25, 0.3) is 0 Å². The van der Waals surface area contributed by atoms with Crippen molar-refractivity contribution in [1.82, 2.24) is 10.1 Å². The number of hydrogen-bond donors (Lipinski definition) is 0. The van der Waals surface area contributed by atoms with Gasteiger partial charge >= 0.3 is 0 Å².